The number of nitrogens with zero attached hydrogens (tertiary/aromatic N) is 3. The monoisotopic (exact) mass is 390 g/mol. The highest BCUT2D eigenvalue weighted by Crippen LogP contribution is 2.23. The van der Waals surface area contributed by atoms with E-state index in [2.05, 4.69) is 15.3 Å². The summed E-state index contributed by atoms with van der Waals surface area (Å²) in [6.45, 7) is 1.85. The quantitative estimate of drug-likeness (QED) is 0.773. The van der Waals surface area contributed by atoms with E-state index in [1.165, 1.54) is 7.11 Å². The van der Waals surface area contributed by atoms with Crippen molar-refractivity contribution in [1.82, 2.24) is 9.97 Å². The molecule has 144 valence electrons. The van der Waals surface area contributed by atoms with Crippen molar-refractivity contribution in [2.75, 3.05) is 35.9 Å². The van der Waals surface area contributed by atoms with Crippen molar-refractivity contribution in [3.8, 4) is 0 Å². The molecule has 0 saturated carbocycles. The van der Waals surface area contributed by atoms with Crippen molar-refractivity contribution in [3.05, 3.63) is 41.6 Å². The molecule has 1 atom stereocenters. The lowest BCUT2D eigenvalue weighted by atomic mass is 10.2. The van der Waals surface area contributed by atoms with Gasteiger partial charge in [-0.3, -0.25) is 0 Å². The van der Waals surface area contributed by atoms with Gasteiger partial charge in [-0.25, -0.2) is 18.2 Å². The van der Waals surface area contributed by atoms with Crippen LogP contribution in [0, 0.1) is 6.92 Å². The van der Waals surface area contributed by atoms with Crippen molar-refractivity contribution in [1.29, 1.82) is 0 Å². The van der Waals surface area contributed by atoms with Gasteiger partial charge < -0.3 is 15.0 Å². The number of carbonyl (C=O) groups is 1. The Kier molecular flexibility index (Phi) is 5.31. The molecule has 2 heterocycles. The van der Waals surface area contributed by atoms with Crippen LogP contribution in [0.1, 0.15) is 22.5 Å². The number of anilines is 3. The zero-order chi connectivity index (χ0) is 19.6. The number of aryl methyl sites for hydroxylation is 1. The van der Waals surface area contributed by atoms with Gasteiger partial charge in [0.05, 0.1) is 24.2 Å². The minimum Gasteiger partial charge on any atom is -0.465 e. The van der Waals surface area contributed by atoms with Gasteiger partial charge in [0.1, 0.15) is 5.82 Å². The Morgan fingerprint density at radius 3 is 2.74 bits per heavy atom. The minimum absolute atomic E-state index is 0.116. The van der Waals surface area contributed by atoms with E-state index in [0.29, 0.717) is 29.4 Å². The normalized spacial score (nSPS) is 18.1. The molecule has 1 N–H and O–H groups in total. The summed E-state index contributed by atoms with van der Waals surface area (Å²) in [6, 6.07) is 8.56. The summed E-state index contributed by atoms with van der Waals surface area (Å²) in [6.07, 6.45) is 0.570. The summed E-state index contributed by atoms with van der Waals surface area (Å²) in [5.74, 6) is 0.917. The molecule has 3 rings (SSSR count). The summed E-state index contributed by atoms with van der Waals surface area (Å²) in [5.41, 5.74) is 1.87. The number of sulfone groups is 1. The van der Waals surface area contributed by atoms with Crippen molar-refractivity contribution in [2.45, 2.75) is 19.4 Å². The van der Waals surface area contributed by atoms with Crippen LogP contribution in [0.3, 0.4) is 0 Å². The van der Waals surface area contributed by atoms with E-state index in [1.807, 2.05) is 24.9 Å². The van der Waals surface area contributed by atoms with Gasteiger partial charge in [-0.1, -0.05) is 6.07 Å². The Morgan fingerprint density at radius 2 is 2.07 bits per heavy atom. The predicted molar refractivity (Wildman–Crippen MR) is 103 cm³/mol. The molecule has 1 aromatic heterocycles. The molecule has 1 aliphatic rings. The molecule has 0 spiro atoms. The first-order chi connectivity index (χ1) is 12.8. The van der Waals surface area contributed by atoms with Crippen LogP contribution in [0.4, 0.5) is 17.5 Å². The fourth-order valence-electron chi connectivity index (χ4n) is 3.01. The molecule has 27 heavy (non-hydrogen) atoms. The van der Waals surface area contributed by atoms with E-state index >= 15 is 0 Å². The Hall–Kier alpha value is -2.68. The molecule has 1 aliphatic heterocycles. The highest BCUT2D eigenvalue weighted by atomic mass is 32.2. The first-order valence-electron chi connectivity index (χ1n) is 8.52. The molecule has 0 aliphatic carbocycles. The Bertz CT molecular complexity index is 962. The van der Waals surface area contributed by atoms with Crippen LogP contribution < -0.4 is 10.2 Å². The molecule has 0 radical (unpaired) electrons. The van der Waals surface area contributed by atoms with Crippen molar-refractivity contribution < 1.29 is 17.9 Å². The van der Waals surface area contributed by atoms with Gasteiger partial charge >= 0.3 is 5.97 Å². The van der Waals surface area contributed by atoms with E-state index < -0.39 is 15.8 Å². The van der Waals surface area contributed by atoms with Crippen LogP contribution in [0.5, 0.6) is 0 Å². The second kappa shape index (κ2) is 7.51. The Morgan fingerprint density at radius 1 is 1.30 bits per heavy atom. The summed E-state index contributed by atoms with van der Waals surface area (Å²) >= 11 is 0. The van der Waals surface area contributed by atoms with E-state index in [-0.39, 0.29) is 17.5 Å². The Balaban J connectivity index is 1.83. The number of nitrogens with one attached hydrogen (secondary N) is 1. The third kappa shape index (κ3) is 4.54. The van der Waals surface area contributed by atoms with E-state index in [9.17, 15) is 13.2 Å². The molecule has 1 aromatic carbocycles. The average Bonchev–Trinajstić information content (AvgIpc) is 3.00. The van der Waals surface area contributed by atoms with E-state index in [4.69, 9.17) is 4.74 Å². The van der Waals surface area contributed by atoms with Crippen LogP contribution >= 0.6 is 0 Å². The first kappa shape index (κ1) is 19.1. The number of esters is 1. The van der Waals surface area contributed by atoms with Crippen molar-refractivity contribution >= 4 is 33.3 Å². The number of methoxy groups -OCH3 is 1. The largest absolute Gasteiger partial charge is 0.465 e. The second-order valence-corrected chi connectivity index (χ2v) is 8.79. The van der Waals surface area contributed by atoms with Gasteiger partial charge in [0, 0.05) is 30.5 Å². The molecule has 1 unspecified atom stereocenters. The zero-order valence-corrected chi connectivity index (χ0v) is 16.3. The second-order valence-electron chi connectivity index (χ2n) is 6.56. The number of ether oxygens (including phenoxy) is 1. The molecule has 1 fully saturated rings. The number of benzene rings is 1. The van der Waals surface area contributed by atoms with Gasteiger partial charge in [0.2, 0.25) is 5.95 Å². The molecule has 9 heteroatoms. The number of rotatable bonds is 5. The summed E-state index contributed by atoms with van der Waals surface area (Å²) in [5, 5.41) is 3.16. The van der Waals surface area contributed by atoms with E-state index in [0.717, 1.165) is 5.69 Å². The van der Waals surface area contributed by atoms with E-state index in [1.54, 1.807) is 24.3 Å². The van der Waals surface area contributed by atoms with Crippen molar-refractivity contribution in [3.63, 3.8) is 0 Å². The number of carbonyl (C=O) groups excluding carboxylic acids is 1. The fourth-order valence-corrected chi connectivity index (χ4v) is 4.78. The van der Waals surface area contributed by atoms with Crippen LogP contribution in [0.2, 0.25) is 0 Å². The molecule has 0 bridgehead atoms. The SMILES string of the molecule is COC(=O)c1cccc(Nc2cc(C)nc(N(C)C3CCS(=O)(=O)C3)n2)c1. The molecular weight excluding hydrogens is 368 g/mol. The summed E-state index contributed by atoms with van der Waals surface area (Å²) in [4.78, 5) is 22.4. The van der Waals surface area contributed by atoms with Gasteiger partial charge in [0.25, 0.3) is 0 Å². The topological polar surface area (TPSA) is 101 Å². The number of hydrogen-bond acceptors (Lipinski definition) is 8. The predicted octanol–water partition coefficient (Wildman–Crippen LogP) is 1.94. The van der Waals surface area contributed by atoms with Crippen LogP contribution in [0.25, 0.3) is 0 Å². The highest BCUT2D eigenvalue weighted by Gasteiger charge is 2.31. The van der Waals surface area contributed by atoms with Gasteiger partial charge in [-0.05, 0) is 31.5 Å². The zero-order valence-electron chi connectivity index (χ0n) is 15.5. The standard InChI is InChI=1S/C18H22N4O4S/c1-12-9-16(20-14-6-4-5-13(10-14)17(23)26-3)21-18(19-12)22(2)15-7-8-27(24,25)11-15/h4-6,9-10,15H,7-8,11H2,1-3H3,(H,19,20,21). The van der Waals surface area contributed by atoms with Crippen LogP contribution in [-0.4, -0.2) is 56.1 Å². The summed E-state index contributed by atoms with van der Waals surface area (Å²) in [7, 11) is 0.153. The lowest BCUT2D eigenvalue weighted by molar-refractivity contribution is 0.0601. The molecule has 2 aromatic rings. The smallest absolute Gasteiger partial charge is 0.337 e. The lowest BCUT2D eigenvalue weighted by Gasteiger charge is -2.24. The third-order valence-electron chi connectivity index (χ3n) is 4.47. The molecular formula is C18H22N4O4S. The average molecular weight is 390 g/mol. The number of aromatic nitrogens is 2. The first-order valence-corrected chi connectivity index (χ1v) is 10.3. The Labute approximate surface area is 158 Å². The minimum atomic E-state index is -2.99. The molecule has 1 saturated heterocycles. The maximum Gasteiger partial charge on any atom is 0.337 e. The molecule has 0 amide bonds. The van der Waals surface area contributed by atoms with Gasteiger partial charge in [-0.2, -0.15) is 4.98 Å². The maximum atomic E-state index is 11.7. The third-order valence-corrected chi connectivity index (χ3v) is 6.22. The van der Waals surface area contributed by atoms with Crippen LogP contribution in [0.15, 0.2) is 30.3 Å². The van der Waals surface area contributed by atoms with Crippen LogP contribution in [-0.2, 0) is 14.6 Å². The van der Waals surface area contributed by atoms with Crippen molar-refractivity contribution in [2.24, 2.45) is 0 Å². The lowest BCUT2D eigenvalue weighted by Crippen LogP contribution is -2.34. The van der Waals surface area contributed by atoms with Gasteiger partial charge in [0.15, 0.2) is 9.84 Å². The van der Waals surface area contributed by atoms with Gasteiger partial charge in [-0.15, -0.1) is 0 Å². The molecule has 8 nitrogen and oxygen atoms in total. The fraction of sp³-hybridized carbons (Fsp3) is 0.389. The maximum absolute atomic E-state index is 11.7. The highest BCUT2D eigenvalue weighted by molar-refractivity contribution is 7.91. The summed E-state index contributed by atoms with van der Waals surface area (Å²) < 4.78 is 28.2. The number of hydrogen-bond donors (Lipinski definition) is 1.